The van der Waals surface area contributed by atoms with E-state index in [1.165, 1.54) is 7.11 Å². The van der Waals surface area contributed by atoms with Gasteiger partial charge in [-0.2, -0.15) is 5.10 Å². The molecule has 0 spiro atoms. The van der Waals surface area contributed by atoms with E-state index in [-0.39, 0.29) is 5.69 Å². The van der Waals surface area contributed by atoms with Gasteiger partial charge in [0.05, 0.1) is 7.11 Å². The molecule has 2 rings (SSSR count). The largest absolute Gasteiger partial charge is 0.464 e. The molecule has 0 radical (unpaired) electrons. The molecule has 0 aliphatic rings. The van der Waals surface area contributed by atoms with Gasteiger partial charge in [-0.15, -0.1) is 0 Å². The van der Waals surface area contributed by atoms with E-state index in [0.717, 1.165) is 5.69 Å². The highest BCUT2D eigenvalue weighted by atomic mass is 16.5. The van der Waals surface area contributed by atoms with Crippen molar-refractivity contribution in [3.8, 4) is 5.82 Å². The van der Waals surface area contributed by atoms with E-state index in [9.17, 15) is 4.79 Å². The average Bonchev–Trinajstić information content (AvgIpc) is 2.71. The van der Waals surface area contributed by atoms with Crippen LogP contribution in [-0.2, 0) is 4.74 Å². The summed E-state index contributed by atoms with van der Waals surface area (Å²) in [6.07, 6.45) is 1.67. The van der Waals surface area contributed by atoms with Gasteiger partial charge in [-0.1, -0.05) is 6.07 Å². The van der Waals surface area contributed by atoms with E-state index in [1.54, 1.807) is 16.9 Å². The van der Waals surface area contributed by atoms with E-state index in [1.807, 2.05) is 25.1 Å². The number of aromatic nitrogens is 3. The minimum absolute atomic E-state index is 0.283. The lowest BCUT2D eigenvalue weighted by Gasteiger charge is -2.01. The molecule has 0 amide bonds. The first-order chi connectivity index (χ1) is 7.72. The third-order valence-corrected chi connectivity index (χ3v) is 2.15. The van der Waals surface area contributed by atoms with Gasteiger partial charge in [0.15, 0.2) is 11.5 Å². The number of hydrogen-bond acceptors (Lipinski definition) is 4. The molecule has 5 nitrogen and oxygen atoms in total. The summed E-state index contributed by atoms with van der Waals surface area (Å²) in [6, 6.07) is 7.17. The van der Waals surface area contributed by atoms with Gasteiger partial charge in [-0.3, -0.25) is 0 Å². The second-order valence-electron chi connectivity index (χ2n) is 3.26. The maximum absolute atomic E-state index is 11.3. The van der Waals surface area contributed by atoms with Crippen molar-refractivity contribution in [2.75, 3.05) is 7.11 Å². The van der Waals surface area contributed by atoms with Crippen molar-refractivity contribution < 1.29 is 9.53 Å². The van der Waals surface area contributed by atoms with Gasteiger partial charge in [0.2, 0.25) is 0 Å². The Bertz CT molecular complexity index is 505. The van der Waals surface area contributed by atoms with E-state index < -0.39 is 5.97 Å². The predicted octanol–water partition coefficient (Wildman–Crippen LogP) is 1.36. The van der Waals surface area contributed by atoms with E-state index in [4.69, 9.17) is 0 Å². The molecular weight excluding hydrogens is 206 g/mol. The number of hydrogen-bond donors (Lipinski definition) is 0. The molecule has 2 aromatic heterocycles. The van der Waals surface area contributed by atoms with Crippen LogP contribution in [0.2, 0.25) is 0 Å². The van der Waals surface area contributed by atoms with Crippen LogP contribution in [0.4, 0.5) is 0 Å². The summed E-state index contributed by atoms with van der Waals surface area (Å²) in [5.74, 6) is 0.230. The van der Waals surface area contributed by atoms with Crippen molar-refractivity contribution in [2.24, 2.45) is 0 Å². The Hall–Kier alpha value is -2.17. The summed E-state index contributed by atoms with van der Waals surface area (Å²) < 4.78 is 6.21. The summed E-state index contributed by atoms with van der Waals surface area (Å²) in [5.41, 5.74) is 1.12. The predicted molar refractivity (Wildman–Crippen MR) is 57.4 cm³/mol. The Morgan fingerprint density at radius 3 is 2.88 bits per heavy atom. The van der Waals surface area contributed by atoms with E-state index in [2.05, 4.69) is 14.8 Å². The zero-order valence-corrected chi connectivity index (χ0v) is 9.04. The van der Waals surface area contributed by atoms with Crippen LogP contribution >= 0.6 is 0 Å². The summed E-state index contributed by atoms with van der Waals surface area (Å²) in [7, 11) is 1.33. The monoisotopic (exact) mass is 217 g/mol. The third kappa shape index (κ3) is 1.79. The quantitative estimate of drug-likeness (QED) is 0.713. The van der Waals surface area contributed by atoms with Crippen molar-refractivity contribution in [3.63, 3.8) is 0 Å². The number of ether oxygens (including phenoxy) is 1. The van der Waals surface area contributed by atoms with Crippen LogP contribution in [-0.4, -0.2) is 27.8 Å². The van der Waals surface area contributed by atoms with Gasteiger partial charge in [-0.05, 0) is 25.1 Å². The second-order valence-corrected chi connectivity index (χ2v) is 3.26. The first-order valence-electron chi connectivity index (χ1n) is 4.79. The molecule has 0 atom stereocenters. The van der Waals surface area contributed by atoms with Crippen LogP contribution in [0.1, 0.15) is 16.2 Å². The number of aryl methyl sites for hydroxylation is 1. The molecule has 0 saturated heterocycles. The van der Waals surface area contributed by atoms with Gasteiger partial charge in [0.1, 0.15) is 0 Å². The van der Waals surface area contributed by atoms with E-state index in [0.29, 0.717) is 5.82 Å². The number of methoxy groups -OCH3 is 1. The van der Waals surface area contributed by atoms with E-state index >= 15 is 0 Å². The first kappa shape index (κ1) is 10.4. The molecule has 0 bridgehead atoms. The minimum atomic E-state index is -0.446. The van der Waals surface area contributed by atoms with Crippen molar-refractivity contribution >= 4 is 5.97 Å². The number of esters is 1. The Balaban J connectivity index is 2.44. The summed E-state index contributed by atoms with van der Waals surface area (Å²) in [4.78, 5) is 15.4. The number of carbonyl (C=O) groups is 1. The zero-order valence-electron chi connectivity index (χ0n) is 9.04. The number of rotatable bonds is 2. The van der Waals surface area contributed by atoms with Crippen LogP contribution in [0.5, 0.6) is 0 Å². The number of pyridine rings is 1. The molecule has 16 heavy (non-hydrogen) atoms. The second kappa shape index (κ2) is 4.14. The summed E-state index contributed by atoms with van der Waals surface area (Å²) in [5, 5.41) is 4.13. The lowest BCUT2D eigenvalue weighted by molar-refractivity contribution is 0.0593. The molecule has 0 aromatic carbocycles. The fraction of sp³-hybridized carbons (Fsp3) is 0.182. The van der Waals surface area contributed by atoms with Gasteiger partial charge < -0.3 is 4.74 Å². The molecule has 5 heteroatoms. The van der Waals surface area contributed by atoms with Crippen LogP contribution < -0.4 is 0 Å². The Labute approximate surface area is 92.7 Å². The fourth-order valence-electron chi connectivity index (χ4n) is 1.39. The maximum Gasteiger partial charge on any atom is 0.358 e. The summed E-state index contributed by atoms with van der Waals surface area (Å²) >= 11 is 0. The van der Waals surface area contributed by atoms with Crippen LogP contribution in [0.3, 0.4) is 0 Å². The molecule has 0 aliphatic heterocycles. The van der Waals surface area contributed by atoms with Crippen LogP contribution in [0.25, 0.3) is 5.82 Å². The normalized spacial score (nSPS) is 10.1. The SMILES string of the molecule is COC(=O)c1cc(C)n(-c2ccccn2)n1. The van der Waals surface area contributed by atoms with Gasteiger partial charge in [0.25, 0.3) is 0 Å². The van der Waals surface area contributed by atoms with Crippen molar-refractivity contribution in [3.05, 3.63) is 41.9 Å². The molecular formula is C11H11N3O2. The highest BCUT2D eigenvalue weighted by Crippen LogP contribution is 2.09. The van der Waals surface area contributed by atoms with Gasteiger partial charge in [-0.25, -0.2) is 14.5 Å². The Morgan fingerprint density at radius 2 is 2.25 bits per heavy atom. The topological polar surface area (TPSA) is 57.0 Å². The third-order valence-electron chi connectivity index (χ3n) is 2.15. The molecule has 2 aromatic rings. The molecule has 0 saturated carbocycles. The Kier molecular flexibility index (Phi) is 2.68. The first-order valence-corrected chi connectivity index (χ1v) is 4.79. The van der Waals surface area contributed by atoms with Crippen molar-refractivity contribution in [1.29, 1.82) is 0 Å². The molecule has 0 unspecified atom stereocenters. The fourth-order valence-corrected chi connectivity index (χ4v) is 1.39. The molecule has 2 heterocycles. The highest BCUT2D eigenvalue weighted by molar-refractivity contribution is 5.87. The van der Waals surface area contributed by atoms with Crippen LogP contribution in [0.15, 0.2) is 30.5 Å². The van der Waals surface area contributed by atoms with Crippen molar-refractivity contribution in [2.45, 2.75) is 6.92 Å². The van der Waals surface area contributed by atoms with Gasteiger partial charge >= 0.3 is 5.97 Å². The lowest BCUT2D eigenvalue weighted by Crippen LogP contribution is -2.05. The highest BCUT2D eigenvalue weighted by Gasteiger charge is 2.13. The summed E-state index contributed by atoms with van der Waals surface area (Å²) in [6.45, 7) is 1.86. The lowest BCUT2D eigenvalue weighted by atomic mass is 10.4. The number of carbonyl (C=O) groups excluding carboxylic acids is 1. The number of nitrogens with zero attached hydrogens (tertiary/aromatic N) is 3. The van der Waals surface area contributed by atoms with Crippen LogP contribution in [0, 0.1) is 6.92 Å². The molecule has 82 valence electrons. The van der Waals surface area contributed by atoms with Gasteiger partial charge in [0, 0.05) is 11.9 Å². The zero-order chi connectivity index (χ0) is 11.5. The van der Waals surface area contributed by atoms with Crippen molar-refractivity contribution in [1.82, 2.24) is 14.8 Å². The Morgan fingerprint density at radius 1 is 1.44 bits per heavy atom. The molecule has 0 fully saturated rings. The molecule has 0 aliphatic carbocycles. The standard InChI is InChI=1S/C11H11N3O2/c1-8-7-9(11(15)16-2)13-14(8)10-5-3-4-6-12-10/h3-7H,1-2H3. The smallest absolute Gasteiger partial charge is 0.358 e. The average molecular weight is 217 g/mol. The molecule has 0 N–H and O–H groups in total. The minimum Gasteiger partial charge on any atom is -0.464 e. The maximum atomic E-state index is 11.3.